The first-order valence-corrected chi connectivity index (χ1v) is 30.9. The molecule has 0 amide bonds. The molecule has 240 valence electrons. The van der Waals surface area contributed by atoms with Crippen LogP contribution in [-0.4, -0.2) is 114 Å². The molecule has 0 unspecified atom stereocenters. The molecule has 1 heterocycles. The number of rotatable bonds is 16. The second-order valence-electron chi connectivity index (χ2n) is 10.9. The van der Waals surface area contributed by atoms with Crippen LogP contribution in [0.2, 0.25) is 50.4 Å². The molecule has 0 aromatic carbocycles. The minimum atomic E-state index is -3.45. The molecule has 12 nitrogen and oxygen atoms in total. The average molecular weight is 721 g/mol. The Morgan fingerprint density at radius 3 is 0.650 bits per heavy atom. The summed E-state index contributed by atoms with van der Waals surface area (Å²) >= 11 is 0. The molecule has 1 fully saturated rings. The smallest absolute Gasteiger partial charge is 0.318 e. The van der Waals surface area contributed by atoms with E-state index in [1.807, 2.05) is 0 Å². The normalized spacial score (nSPS) is 31.0. The summed E-state index contributed by atoms with van der Waals surface area (Å²) in [5, 5.41) is 0. The van der Waals surface area contributed by atoms with Gasteiger partial charge in [-0.15, -0.1) is 0 Å². The molecular weight excluding hydrogens is 673 g/mol. The molecule has 1 saturated heterocycles. The molecule has 40 heavy (non-hydrogen) atoms. The van der Waals surface area contributed by atoms with E-state index < -0.39 is 73.6 Å². The van der Waals surface area contributed by atoms with Gasteiger partial charge in [-0.2, -0.15) is 0 Å². The lowest BCUT2D eigenvalue weighted by atomic mass is 10.9. The molecule has 1 aliphatic heterocycles. The fraction of sp³-hybridized carbons (Fsp3) is 1.00. The van der Waals surface area contributed by atoms with Crippen molar-refractivity contribution in [3.63, 3.8) is 0 Å². The van der Waals surface area contributed by atoms with E-state index in [0.29, 0.717) is 0 Å². The highest BCUT2D eigenvalue weighted by atomic mass is 32.2. The van der Waals surface area contributed by atoms with Gasteiger partial charge >= 0.3 is 34.2 Å². The molecule has 1 aliphatic rings. The Balaban J connectivity index is 3.65. The third-order valence-corrected chi connectivity index (χ3v) is 33.7. The van der Waals surface area contributed by atoms with Crippen molar-refractivity contribution in [1.82, 2.24) is 0 Å². The van der Waals surface area contributed by atoms with Crippen LogP contribution < -0.4 is 0 Å². The van der Waals surface area contributed by atoms with Gasteiger partial charge in [0.1, 0.15) is 39.3 Å². The van der Waals surface area contributed by atoms with Gasteiger partial charge in [-0.3, -0.25) is 0 Å². The summed E-state index contributed by atoms with van der Waals surface area (Å²) in [6, 6.07) is 0.129. The number of sulfone groups is 4. The van der Waals surface area contributed by atoms with Crippen molar-refractivity contribution >= 4 is 73.6 Å². The first-order chi connectivity index (χ1) is 17.9. The highest BCUT2D eigenvalue weighted by Gasteiger charge is 2.57. The van der Waals surface area contributed by atoms with Crippen molar-refractivity contribution in [3.05, 3.63) is 0 Å². The summed E-state index contributed by atoms with van der Waals surface area (Å²) in [6.07, 6.45) is 0. The summed E-state index contributed by atoms with van der Waals surface area (Å²) in [6.45, 7) is 12.9. The van der Waals surface area contributed by atoms with Crippen LogP contribution in [0.15, 0.2) is 0 Å². The lowest BCUT2D eigenvalue weighted by Gasteiger charge is -2.50. The van der Waals surface area contributed by atoms with Crippen LogP contribution >= 0.6 is 0 Å². The molecule has 0 spiro atoms. The maximum Gasteiger partial charge on any atom is 0.318 e. The van der Waals surface area contributed by atoms with Crippen molar-refractivity contribution in [2.45, 2.75) is 78.1 Å². The van der Waals surface area contributed by atoms with E-state index in [4.69, 9.17) is 16.5 Å². The Kier molecular flexibility index (Phi) is 13.6. The molecule has 20 heteroatoms. The Bertz CT molecular complexity index is 1080. The fourth-order valence-corrected chi connectivity index (χ4v) is 36.4. The summed E-state index contributed by atoms with van der Waals surface area (Å²) in [4.78, 5) is 0. The van der Waals surface area contributed by atoms with Crippen LogP contribution in [0.1, 0.15) is 27.7 Å². The maximum atomic E-state index is 12.4. The van der Waals surface area contributed by atoms with Crippen LogP contribution in [0, 0.1) is 0 Å². The zero-order valence-corrected chi connectivity index (χ0v) is 32.3. The van der Waals surface area contributed by atoms with Crippen LogP contribution in [0.25, 0.3) is 0 Å². The van der Waals surface area contributed by atoms with Gasteiger partial charge in [0.2, 0.25) is 0 Å². The van der Waals surface area contributed by atoms with Crippen LogP contribution in [-0.2, 0) is 55.8 Å². The highest BCUT2D eigenvalue weighted by Crippen LogP contribution is 2.38. The molecule has 0 N–H and O–H groups in total. The van der Waals surface area contributed by atoms with Gasteiger partial charge in [-0.25, -0.2) is 33.7 Å². The van der Waals surface area contributed by atoms with E-state index >= 15 is 0 Å². The van der Waals surface area contributed by atoms with Crippen LogP contribution in [0.5, 0.6) is 0 Å². The second-order valence-corrected chi connectivity index (χ2v) is 35.1. The third-order valence-electron chi connectivity index (χ3n) is 6.96. The van der Waals surface area contributed by atoms with E-state index in [-0.39, 0.29) is 70.2 Å². The minimum absolute atomic E-state index is 0.0324. The highest BCUT2D eigenvalue weighted by molar-refractivity contribution is 7.92. The zero-order chi connectivity index (χ0) is 31.3. The van der Waals surface area contributed by atoms with Crippen molar-refractivity contribution < 1.29 is 50.1 Å². The fourth-order valence-electron chi connectivity index (χ4n) is 4.26. The molecule has 0 aromatic rings. The zero-order valence-electron chi connectivity index (χ0n) is 25.0. The second kappa shape index (κ2) is 14.1. The SMILES string of the molecule is CCS(=O)(=O)CC[Si]1(C)O[Si](C)(CCS(=O)(=O)CC)O[Si](C)(CCS(=O)(=O)CC)O[Si](C)(CCS(=O)(=O)CC)O1. The predicted molar refractivity (Wildman–Crippen MR) is 167 cm³/mol. The molecule has 0 aromatic heterocycles. The maximum absolute atomic E-state index is 12.4. The summed E-state index contributed by atoms with van der Waals surface area (Å²) < 4.78 is 126. The minimum Gasteiger partial charge on any atom is -0.416 e. The monoisotopic (exact) mass is 720 g/mol. The quantitative estimate of drug-likeness (QED) is 0.213. The number of hydrogen-bond acceptors (Lipinski definition) is 12. The standard InChI is InChI=1S/C20H48O12S4Si4/c1-9-33(21,22)13-17-37(5)29-38(6,18-14-34(23,24)10-2)31-40(8,20-16-36(27,28)12-4)32-39(7,30-37)19-15-35(25,26)11-3/h9-20H2,1-8H3. The lowest BCUT2D eigenvalue weighted by Crippen LogP contribution is -2.68. The van der Waals surface area contributed by atoms with E-state index in [9.17, 15) is 33.7 Å². The van der Waals surface area contributed by atoms with Crippen LogP contribution in [0.4, 0.5) is 0 Å². The molecule has 0 saturated carbocycles. The largest absolute Gasteiger partial charge is 0.416 e. The van der Waals surface area contributed by atoms with Crippen molar-refractivity contribution in [2.75, 3.05) is 46.0 Å². The Hall–Kier alpha value is 0.508. The average Bonchev–Trinajstić information content (AvgIpc) is 2.83. The summed E-state index contributed by atoms with van der Waals surface area (Å²) in [5.41, 5.74) is 0. The van der Waals surface area contributed by atoms with E-state index in [0.717, 1.165) is 0 Å². The molecule has 0 radical (unpaired) electrons. The molecule has 0 atom stereocenters. The van der Waals surface area contributed by atoms with Gasteiger partial charge in [0.15, 0.2) is 0 Å². The topological polar surface area (TPSA) is 173 Å². The van der Waals surface area contributed by atoms with Crippen molar-refractivity contribution in [2.24, 2.45) is 0 Å². The predicted octanol–water partition coefficient (Wildman–Crippen LogP) is 2.09. The van der Waals surface area contributed by atoms with Crippen molar-refractivity contribution in [3.8, 4) is 0 Å². The van der Waals surface area contributed by atoms with Gasteiger partial charge < -0.3 is 16.5 Å². The van der Waals surface area contributed by atoms with Gasteiger partial charge in [-0.1, -0.05) is 27.7 Å². The summed E-state index contributed by atoms with van der Waals surface area (Å²) in [5.74, 6) is -1.17. The Labute approximate surface area is 246 Å². The van der Waals surface area contributed by atoms with Crippen molar-refractivity contribution in [1.29, 1.82) is 0 Å². The third kappa shape index (κ3) is 13.0. The van der Waals surface area contributed by atoms with Gasteiger partial charge in [-0.05, 0) is 26.2 Å². The molecule has 0 aliphatic carbocycles. The summed E-state index contributed by atoms with van der Waals surface area (Å²) in [7, 11) is -27.4. The van der Waals surface area contributed by atoms with Gasteiger partial charge in [0.25, 0.3) is 0 Å². The van der Waals surface area contributed by atoms with Gasteiger partial charge in [0.05, 0.1) is 23.0 Å². The van der Waals surface area contributed by atoms with Gasteiger partial charge in [0, 0.05) is 47.2 Å². The molecule has 0 bridgehead atoms. The first kappa shape index (κ1) is 38.5. The molecule has 1 rings (SSSR count). The lowest BCUT2D eigenvalue weighted by molar-refractivity contribution is 0.225. The Morgan fingerprint density at radius 2 is 0.525 bits per heavy atom. The van der Waals surface area contributed by atoms with E-state index in [1.165, 1.54) is 27.7 Å². The first-order valence-electron chi connectivity index (χ1n) is 13.5. The number of hydrogen-bond donors (Lipinski definition) is 0. The van der Waals surface area contributed by atoms with Crippen LogP contribution in [0.3, 0.4) is 0 Å². The Morgan fingerprint density at radius 1 is 0.375 bits per heavy atom. The van der Waals surface area contributed by atoms with E-state index in [2.05, 4.69) is 0 Å². The molecular formula is C20H48O12S4Si4. The van der Waals surface area contributed by atoms with E-state index in [1.54, 1.807) is 26.2 Å².